The van der Waals surface area contributed by atoms with Crippen LogP contribution in [-0.2, 0) is 11.4 Å². The van der Waals surface area contributed by atoms with Crippen LogP contribution in [0.5, 0.6) is 5.75 Å². The number of carbonyl (C=O) groups is 1. The Morgan fingerprint density at radius 2 is 1.73 bits per heavy atom. The lowest BCUT2D eigenvalue weighted by Gasteiger charge is -2.11. The summed E-state index contributed by atoms with van der Waals surface area (Å²) in [6.45, 7) is 0.466. The number of hydrogen-bond acceptors (Lipinski definition) is 3. The molecule has 4 nitrogen and oxygen atoms in total. The molecule has 0 saturated heterocycles. The van der Waals surface area contributed by atoms with E-state index in [4.69, 9.17) is 9.84 Å². The molecule has 2 aromatic carbocycles. The van der Waals surface area contributed by atoms with Crippen molar-refractivity contribution in [2.75, 3.05) is 0 Å². The first kappa shape index (κ1) is 16.5. The summed E-state index contributed by atoms with van der Waals surface area (Å²) in [7, 11) is 0. The third kappa shape index (κ3) is 5.16. The maximum atomic E-state index is 10.5. The highest BCUT2D eigenvalue weighted by Gasteiger charge is 2.09. The van der Waals surface area contributed by atoms with Gasteiger partial charge in [0.25, 0.3) is 0 Å². The van der Waals surface area contributed by atoms with Crippen LogP contribution < -0.4 is 4.74 Å². The monoisotopic (exact) mass is 364 g/mol. The Bertz CT molecular complexity index is 608. The van der Waals surface area contributed by atoms with Crippen molar-refractivity contribution in [3.05, 3.63) is 64.1 Å². The number of halogens is 1. The van der Waals surface area contributed by atoms with Crippen molar-refractivity contribution in [2.45, 2.75) is 25.6 Å². The Balaban J connectivity index is 1.88. The first-order valence-corrected chi connectivity index (χ1v) is 7.71. The molecule has 0 spiro atoms. The lowest BCUT2D eigenvalue weighted by atomic mass is 10.1. The molecule has 0 aliphatic heterocycles. The van der Waals surface area contributed by atoms with Crippen molar-refractivity contribution in [2.24, 2.45) is 0 Å². The second kappa shape index (κ2) is 7.96. The summed E-state index contributed by atoms with van der Waals surface area (Å²) in [5.41, 5.74) is 1.76. The van der Waals surface area contributed by atoms with E-state index in [0.29, 0.717) is 17.9 Å². The Kier molecular flexibility index (Phi) is 5.98. The molecule has 2 rings (SSSR count). The molecule has 1 unspecified atom stereocenters. The fourth-order valence-corrected chi connectivity index (χ4v) is 2.22. The quantitative estimate of drug-likeness (QED) is 0.780. The Labute approximate surface area is 137 Å². The van der Waals surface area contributed by atoms with Crippen LogP contribution in [0.3, 0.4) is 0 Å². The summed E-state index contributed by atoms with van der Waals surface area (Å²) in [6.07, 6.45) is -0.617. The van der Waals surface area contributed by atoms with Gasteiger partial charge in [0.1, 0.15) is 12.4 Å². The summed E-state index contributed by atoms with van der Waals surface area (Å²) in [5.74, 6) is -0.203. The van der Waals surface area contributed by atoms with Gasteiger partial charge in [-0.15, -0.1) is 0 Å². The molecule has 2 aromatic rings. The molecule has 0 aromatic heterocycles. The average Bonchev–Trinajstić information content (AvgIpc) is 2.52. The predicted molar refractivity (Wildman–Crippen MR) is 86.7 cm³/mol. The van der Waals surface area contributed by atoms with E-state index in [0.717, 1.165) is 10.0 Å². The van der Waals surface area contributed by atoms with Gasteiger partial charge in [-0.05, 0) is 41.8 Å². The van der Waals surface area contributed by atoms with Gasteiger partial charge in [0.2, 0.25) is 0 Å². The highest BCUT2D eigenvalue weighted by Crippen LogP contribution is 2.22. The highest BCUT2D eigenvalue weighted by atomic mass is 79.9. The second-order valence-corrected chi connectivity index (χ2v) is 5.85. The van der Waals surface area contributed by atoms with Crippen LogP contribution in [0.1, 0.15) is 30.1 Å². The van der Waals surface area contributed by atoms with Crippen molar-refractivity contribution in [1.82, 2.24) is 0 Å². The van der Waals surface area contributed by atoms with Crippen LogP contribution >= 0.6 is 15.9 Å². The van der Waals surface area contributed by atoms with Gasteiger partial charge >= 0.3 is 5.97 Å². The van der Waals surface area contributed by atoms with Crippen molar-refractivity contribution >= 4 is 21.9 Å². The standard InChI is InChI=1S/C17H17BrO4/c18-14-5-1-12(2-6-14)11-22-15-7-3-13(4-8-15)16(19)9-10-17(20)21/h1-8,16,19H,9-11H2,(H,20,21). The number of carboxylic acids is 1. The topological polar surface area (TPSA) is 66.8 Å². The van der Waals surface area contributed by atoms with Gasteiger partial charge in [0, 0.05) is 10.9 Å². The fraction of sp³-hybridized carbons (Fsp3) is 0.235. The predicted octanol–water partition coefficient (Wildman–Crippen LogP) is 3.93. The van der Waals surface area contributed by atoms with Crippen molar-refractivity contribution in [1.29, 1.82) is 0 Å². The zero-order chi connectivity index (χ0) is 15.9. The number of benzene rings is 2. The minimum absolute atomic E-state index is 0.0526. The van der Waals surface area contributed by atoms with Crippen LogP contribution in [-0.4, -0.2) is 16.2 Å². The molecule has 1 atom stereocenters. The van der Waals surface area contributed by atoms with Gasteiger partial charge in [-0.3, -0.25) is 4.79 Å². The summed E-state index contributed by atoms with van der Waals surface area (Å²) in [6, 6.07) is 14.9. The average molecular weight is 365 g/mol. The summed E-state index contributed by atoms with van der Waals surface area (Å²) >= 11 is 3.38. The van der Waals surface area contributed by atoms with E-state index in [2.05, 4.69) is 15.9 Å². The fourth-order valence-electron chi connectivity index (χ4n) is 1.96. The van der Waals surface area contributed by atoms with Crippen molar-refractivity contribution < 1.29 is 19.7 Å². The minimum atomic E-state index is -0.909. The maximum Gasteiger partial charge on any atom is 0.303 e. The Morgan fingerprint density at radius 3 is 2.32 bits per heavy atom. The Morgan fingerprint density at radius 1 is 1.09 bits per heavy atom. The number of aliphatic hydroxyl groups is 1. The first-order chi connectivity index (χ1) is 10.5. The highest BCUT2D eigenvalue weighted by molar-refractivity contribution is 9.10. The summed E-state index contributed by atoms with van der Waals surface area (Å²) in [4.78, 5) is 10.5. The SMILES string of the molecule is O=C(O)CCC(O)c1ccc(OCc2ccc(Br)cc2)cc1. The summed E-state index contributed by atoms with van der Waals surface area (Å²) < 4.78 is 6.70. The molecule has 5 heteroatoms. The zero-order valence-electron chi connectivity index (χ0n) is 11.9. The molecule has 0 aliphatic carbocycles. The molecule has 0 fully saturated rings. The van der Waals surface area contributed by atoms with Gasteiger partial charge in [0.15, 0.2) is 0 Å². The van der Waals surface area contributed by atoms with Gasteiger partial charge in [-0.25, -0.2) is 0 Å². The van der Waals surface area contributed by atoms with E-state index in [9.17, 15) is 9.90 Å². The van der Waals surface area contributed by atoms with Gasteiger partial charge in [0.05, 0.1) is 6.10 Å². The molecule has 0 amide bonds. The number of rotatable bonds is 7. The van der Waals surface area contributed by atoms with E-state index in [1.807, 2.05) is 24.3 Å². The molecule has 0 aliphatic rings. The van der Waals surface area contributed by atoms with Crippen molar-refractivity contribution in [3.63, 3.8) is 0 Å². The lowest BCUT2D eigenvalue weighted by molar-refractivity contribution is -0.137. The molecule has 2 N–H and O–H groups in total. The van der Waals surface area contributed by atoms with Crippen LogP contribution in [0.4, 0.5) is 0 Å². The number of aliphatic carboxylic acids is 1. The zero-order valence-corrected chi connectivity index (χ0v) is 13.5. The number of hydrogen-bond donors (Lipinski definition) is 2. The summed E-state index contributed by atoms with van der Waals surface area (Å²) in [5, 5.41) is 18.5. The minimum Gasteiger partial charge on any atom is -0.489 e. The van der Waals surface area contributed by atoms with E-state index in [1.165, 1.54) is 0 Å². The van der Waals surface area contributed by atoms with E-state index in [-0.39, 0.29) is 12.8 Å². The van der Waals surface area contributed by atoms with Crippen molar-refractivity contribution in [3.8, 4) is 5.75 Å². The van der Waals surface area contributed by atoms with Gasteiger partial charge in [-0.2, -0.15) is 0 Å². The second-order valence-electron chi connectivity index (χ2n) is 4.93. The smallest absolute Gasteiger partial charge is 0.303 e. The van der Waals surface area contributed by atoms with Crippen LogP contribution in [0.15, 0.2) is 53.0 Å². The molecule has 22 heavy (non-hydrogen) atoms. The molecule has 0 radical (unpaired) electrons. The maximum absolute atomic E-state index is 10.5. The van der Waals surface area contributed by atoms with Crippen LogP contribution in [0, 0.1) is 0 Å². The van der Waals surface area contributed by atoms with Crippen LogP contribution in [0.25, 0.3) is 0 Å². The number of aliphatic hydroxyl groups excluding tert-OH is 1. The van der Waals surface area contributed by atoms with Gasteiger partial charge in [-0.1, -0.05) is 40.2 Å². The third-order valence-electron chi connectivity index (χ3n) is 3.22. The van der Waals surface area contributed by atoms with E-state index in [1.54, 1.807) is 24.3 Å². The lowest BCUT2D eigenvalue weighted by Crippen LogP contribution is -2.02. The molecular weight excluding hydrogens is 348 g/mol. The van der Waals surface area contributed by atoms with E-state index < -0.39 is 12.1 Å². The molecular formula is C17H17BrO4. The molecule has 0 heterocycles. The number of carboxylic acid groups (broad SMARTS) is 1. The molecule has 0 bridgehead atoms. The molecule has 116 valence electrons. The third-order valence-corrected chi connectivity index (χ3v) is 3.74. The van der Waals surface area contributed by atoms with Gasteiger partial charge < -0.3 is 14.9 Å². The first-order valence-electron chi connectivity index (χ1n) is 6.91. The normalized spacial score (nSPS) is 11.9. The number of ether oxygens (including phenoxy) is 1. The largest absolute Gasteiger partial charge is 0.489 e. The van der Waals surface area contributed by atoms with E-state index >= 15 is 0 Å². The molecule has 0 saturated carbocycles. The van der Waals surface area contributed by atoms with Crippen LogP contribution in [0.2, 0.25) is 0 Å². The Hall–Kier alpha value is -1.85.